The van der Waals surface area contributed by atoms with Gasteiger partial charge in [0.25, 0.3) is 11.8 Å². The zero-order valence-electron chi connectivity index (χ0n) is 16.0. The molecule has 1 aromatic carbocycles. The Morgan fingerprint density at radius 2 is 1.79 bits per heavy atom. The molecule has 0 atom stereocenters. The summed E-state index contributed by atoms with van der Waals surface area (Å²) in [5.41, 5.74) is 1.17. The van der Waals surface area contributed by atoms with E-state index in [2.05, 4.69) is 20.9 Å². The monoisotopic (exact) mass is 459 g/mol. The lowest BCUT2D eigenvalue weighted by atomic mass is 10.1. The number of nitrogens with zero attached hydrogens (tertiary/aromatic N) is 3. The number of rotatable bonds is 5. The highest BCUT2D eigenvalue weighted by atomic mass is 79.9. The summed E-state index contributed by atoms with van der Waals surface area (Å²) in [6.45, 7) is 0.241. The van der Waals surface area contributed by atoms with Crippen molar-refractivity contribution in [2.75, 3.05) is 21.2 Å². The van der Waals surface area contributed by atoms with Gasteiger partial charge in [0.15, 0.2) is 11.5 Å². The van der Waals surface area contributed by atoms with Crippen LogP contribution in [0.1, 0.15) is 11.3 Å². The molecule has 0 radical (unpaired) electrons. The van der Waals surface area contributed by atoms with E-state index in [9.17, 15) is 14.4 Å². The van der Waals surface area contributed by atoms with Gasteiger partial charge in [-0.25, -0.2) is 4.79 Å². The van der Waals surface area contributed by atoms with Gasteiger partial charge in [0, 0.05) is 20.3 Å². The number of urea groups is 1. The third-order valence-corrected chi connectivity index (χ3v) is 4.89. The van der Waals surface area contributed by atoms with Crippen molar-refractivity contribution < 1.29 is 23.9 Å². The third-order valence-electron chi connectivity index (χ3n) is 4.30. The lowest BCUT2D eigenvalue weighted by Crippen LogP contribution is -2.52. The molecule has 0 unspecified atom stereocenters. The molecule has 1 aliphatic heterocycles. The Hall–Kier alpha value is -3.20. The number of halogens is 1. The van der Waals surface area contributed by atoms with E-state index < -0.39 is 17.8 Å². The van der Waals surface area contributed by atoms with Crippen LogP contribution in [0.4, 0.5) is 4.79 Å². The van der Waals surface area contributed by atoms with Crippen LogP contribution in [0.3, 0.4) is 0 Å². The molecule has 9 heteroatoms. The summed E-state index contributed by atoms with van der Waals surface area (Å²) < 4.78 is 11.8. The number of likely N-dealkylation sites (N-methyl/N-ethyl adjacent to an activating group) is 2. The molecule has 2 aromatic rings. The maximum absolute atomic E-state index is 12.4. The summed E-state index contributed by atoms with van der Waals surface area (Å²) in [6.07, 6.45) is 3.09. The van der Waals surface area contributed by atoms with Gasteiger partial charge in [-0.05, 0) is 51.8 Å². The van der Waals surface area contributed by atoms with Crippen molar-refractivity contribution in [2.45, 2.75) is 6.61 Å². The molecule has 0 bridgehead atoms. The first-order chi connectivity index (χ1) is 13.8. The fourth-order valence-electron chi connectivity index (χ4n) is 2.73. The fourth-order valence-corrected chi connectivity index (χ4v) is 3.31. The van der Waals surface area contributed by atoms with Crippen molar-refractivity contribution in [3.63, 3.8) is 0 Å². The molecule has 0 N–H and O–H groups in total. The highest BCUT2D eigenvalue weighted by Gasteiger charge is 2.37. The molecule has 0 saturated carbocycles. The van der Waals surface area contributed by atoms with Crippen molar-refractivity contribution in [1.82, 2.24) is 14.8 Å². The number of pyridine rings is 1. The van der Waals surface area contributed by atoms with Crippen LogP contribution in [0.15, 0.2) is 46.6 Å². The van der Waals surface area contributed by atoms with E-state index in [0.29, 0.717) is 21.5 Å². The summed E-state index contributed by atoms with van der Waals surface area (Å²) in [7, 11) is 4.14. The van der Waals surface area contributed by atoms with Gasteiger partial charge in [-0.3, -0.25) is 24.4 Å². The maximum Gasteiger partial charge on any atom is 0.333 e. The van der Waals surface area contributed by atoms with Crippen molar-refractivity contribution in [2.24, 2.45) is 0 Å². The molecule has 2 heterocycles. The molecule has 150 valence electrons. The van der Waals surface area contributed by atoms with E-state index in [0.717, 1.165) is 15.5 Å². The summed E-state index contributed by atoms with van der Waals surface area (Å²) in [5, 5.41) is 0. The molecule has 8 nitrogen and oxygen atoms in total. The average Bonchev–Trinajstić information content (AvgIpc) is 2.73. The average molecular weight is 460 g/mol. The quantitative estimate of drug-likeness (QED) is 0.504. The lowest BCUT2D eigenvalue weighted by molar-refractivity contribution is -0.134. The Morgan fingerprint density at radius 1 is 1.10 bits per heavy atom. The van der Waals surface area contributed by atoms with E-state index in [1.807, 2.05) is 18.2 Å². The zero-order chi connectivity index (χ0) is 21.1. The van der Waals surface area contributed by atoms with Gasteiger partial charge in [-0.15, -0.1) is 0 Å². The van der Waals surface area contributed by atoms with Crippen molar-refractivity contribution in [3.05, 3.63) is 57.8 Å². The Kier molecular flexibility index (Phi) is 5.97. The van der Waals surface area contributed by atoms with Crippen LogP contribution < -0.4 is 9.47 Å². The number of methoxy groups -OCH3 is 1. The minimum absolute atomic E-state index is 0.120. The molecule has 0 aliphatic carbocycles. The molecule has 3 rings (SSSR count). The minimum atomic E-state index is -0.672. The number of benzene rings is 1. The molecule has 1 saturated heterocycles. The van der Waals surface area contributed by atoms with E-state index in [1.54, 1.807) is 18.3 Å². The smallest absolute Gasteiger partial charge is 0.333 e. The van der Waals surface area contributed by atoms with Crippen LogP contribution in [0.25, 0.3) is 6.08 Å². The second kappa shape index (κ2) is 8.44. The number of barbiturate groups is 1. The first-order valence-corrected chi connectivity index (χ1v) is 9.34. The molecular weight excluding hydrogens is 442 g/mol. The molecule has 1 fully saturated rings. The number of ether oxygens (including phenoxy) is 2. The Labute approximate surface area is 175 Å². The normalized spacial score (nSPS) is 14.3. The Balaban J connectivity index is 1.92. The topological polar surface area (TPSA) is 89.0 Å². The second-order valence-electron chi connectivity index (χ2n) is 6.21. The standard InChI is InChI=1S/C20H18BrN3O5/c1-23-18(25)14(19(26)24(2)20(23)27)8-12-9-15(21)17(16(10-12)28-3)29-11-13-6-4-5-7-22-13/h4-10H,11H2,1-3H3. The number of imide groups is 2. The molecular formula is C20H18BrN3O5. The van der Waals surface area contributed by atoms with Crippen LogP contribution in [-0.4, -0.2) is 53.8 Å². The summed E-state index contributed by atoms with van der Waals surface area (Å²) in [6, 6.07) is 8.19. The van der Waals surface area contributed by atoms with Crippen molar-refractivity contribution >= 4 is 39.9 Å². The summed E-state index contributed by atoms with van der Waals surface area (Å²) >= 11 is 3.44. The van der Waals surface area contributed by atoms with Crippen molar-refractivity contribution in [1.29, 1.82) is 0 Å². The highest BCUT2D eigenvalue weighted by molar-refractivity contribution is 9.10. The zero-order valence-corrected chi connectivity index (χ0v) is 17.6. The predicted octanol–water partition coefficient (Wildman–Crippen LogP) is 2.87. The minimum Gasteiger partial charge on any atom is -0.493 e. The number of carbonyl (C=O) groups excluding carboxylic acids is 3. The molecule has 0 spiro atoms. The van der Waals surface area contributed by atoms with Crippen molar-refractivity contribution in [3.8, 4) is 11.5 Å². The second-order valence-corrected chi connectivity index (χ2v) is 7.07. The Morgan fingerprint density at radius 3 is 2.38 bits per heavy atom. The molecule has 29 heavy (non-hydrogen) atoms. The summed E-state index contributed by atoms with van der Waals surface area (Å²) in [4.78, 5) is 42.6. The molecule has 1 aliphatic rings. The van der Waals surface area contributed by atoms with Gasteiger partial charge in [0.1, 0.15) is 12.2 Å². The predicted molar refractivity (Wildman–Crippen MR) is 108 cm³/mol. The van der Waals surface area contributed by atoms with Crippen LogP contribution in [0.2, 0.25) is 0 Å². The van der Waals surface area contributed by atoms with Gasteiger partial charge < -0.3 is 9.47 Å². The van der Waals surface area contributed by atoms with Gasteiger partial charge >= 0.3 is 6.03 Å². The van der Waals surface area contributed by atoms with Gasteiger partial charge in [0.2, 0.25) is 0 Å². The van der Waals surface area contributed by atoms with E-state index >= 15 is 0 Å². The Bertz CT molecular complexity index is 981. The summed E-state index contributed by atoms with van der Waals surface area (Å²) in [5.74, 6) is -0.450. The maximum atomic E-state index is 12.4. The van der Waals surface area contributed by atoms with E-state index in [1.165, 1.54) is 27.3 Å². The fraction of sp³-hybridized carbons (Fsp3) is 0.200. The van der Waals surface area contributed by atoms with Gasteiger partial charge in [-0.2, -0.15) is 0 Å². The lowest BCUT2D eigenvalue weighted by Gasteiger charge is -2.28. The SMILES string of the molecule is COc1cc(C=C2C(=O)N(C)C(=O)N(C)C2=O)cc(Br)c1OCc1ccccn1. The number of hydrogen-bond donors (Lipinski definition) is 0. The number of amides is 4. The highest BCUT2D eigenvalue weighted by Crippen LogP contribution is 2.38. The van der Waals surface area contributed by atoms with E-state index in [4.69, 9.17) is 9.47 Å². The molecule has 1 aromatic heterocycles. The number of carbonyl (C=O) groups is 3. The first kappa shape index (κ1) is 20.5. The van der Waals surface area contributed by atoms with Crippen LogP contribution in [0.5, 0.6) is 11.5 Å². The van der Waals surface area contributed by atoms with Gasteiger partial charge in [-0.1, -0.05) is 6.07 Å². The van der Waals surface area contributed by atoms with Crippen LogP contribution >= 0.6 is 15.9 Å². The number of hydrogen-bond acceptors (Lipinski definition) is 6. The van der Waals surface area contributed by atoms with Gasteiger partial charge in [0.05, 0.1) is 17.3 Å². The van der Waals surface area contributed by atoms with Crippen LogP contribution in [0, 0.1) is 0 Å². The first-order valence-electron chi connectivity index (χ1n) is 8.55. The third kappa shape index (κ3) is 4.14. The molecule has 4 amide bonds. The van der Waals surface area contributed by atoms with Crippen LogP contribution in [-0.2, 0) is 16.2 Å². The van der Waals surface area contributed by atoms with E-state index in [-0.39, 0.29) is 12.2 Å². The largest absolute Gasteiger partial charge is 0.493 e. The number of aromatic nitrogens is 1.